The molecule has 1 aliphatic heterocycles. The summed E-state index contributed by atoms with van der Waals surface area (Å²) in [5.41, 5.74) is 6.01. The molecule has 1 unspecified atom stereocenters. The molecule has 0 aromatic heterocycles. The Kier molecular flexibility index (Phi) is 6.69. The minimum Gasteiger partial charge on any atom is -0.335 e. The van der Waals surface area contributed by atoms with Crippen molar-refractivity contribution in [2.24, 2.45) is 11.7 Å². The number of rotatable bonds is 5. The van der Waals surface area contributed by atoms with Gasteiger partial charge in [0.05, 0.1) is 11.5 Å². The van der Waals surface area contributed by atoms with Crippen LogP contribution >= 0.6 is 12.4 Å². The van der Waals surface area contributed by atoms with Crippen molar-refractivity contribution in [3.63, 3.8) is 0 Å². The third-order valence-corrected chi connectivity index (χ3v) is 6.20. The molecule has 0 aromatic carbocycles. The standard InChI is InChI=1S/C14H24N2O3S.ClH/c1-2-7-16(12-6-8-20(18,19)10-12)14(17)9-11-4-3-5-13(11)15;/h2,11-13H,1,3-10,15H2;1H/t11-,12?,13+;/m0./s1. The van der Waals surface area contributed by atoms with Crippen LogP contribution in [-0.2, 0) is 14.6 Å². The van der Waals surface area contributed by atoms with Gasteiger partial charge in [-0.3, -0.25) is 4.79 Å². The van der Waals surface area contributed by atoms with Gasteiger partial charge in [0.2, 0.25) is 5.91 Å². The molecule has 122 valence electrons. The highest BCUT2D eigenvalue weighted by Crippen LogP contribution is 2.28. The summed E-state index contributed by atoms with van der Waals surface area (Å²) in [4.78, 5) is 14.1. The Labute approximate surface area is 133 Å². The Morgan fingerprint density at radius 2 is 2.05 bits per heavy atom. The number of sulfone groups is 1. The molecule has 0 spiro atoms. The molecule has 0 radical (unpaired) electrons. The zero-order valence-corrected chi connectivity index (χ0v) is 13.9. The van der Waals surface area contributed by atoms with E-state index in [0.717, 1.165) is 19.3 Å². The summed E-state index contributed by atoms with van der Waals surface area (Å²) in [7, 11) is -2.98. The molecule has 1 aliphatic carbocycles. The number of amides is 1. The molecule has 7 heteroatoms. The molecule has 1 saturated heterocycles. The molecule has 2 fully saturated rings. The Hall–Kier alpha value is -0.590. The Balaban J connectivity index is 0.00000220. The molecule has 2 rings (SSSR count). The largest absolute Gasteiger partial charge is 0.335 e. The lowest BCUT2D eigenvalue weighted by Gasteiger charge is -2.29. The van der Waals surface area contributed by atoms with Crippen LogP contribution in [0.2, 0.25) is 0 Å². The smallest absolute Gasteiger partial charge is 0.223 e. The van der Waals surface area contributed by atoms with E-state index < -0.39 is 9.84 Å². The first-order valence-electron chi connectivity index (χ1n) is 7.29. The number of hydrogen-bond acceptors (Lipinski definition) is 4. The lowest BCUT2D eigenvalue weighted by molar-refractivity contribution is -0.133. The fraction of sp³-hybridized carbons (Fsp3) is 0.786. The molecule has 1 saturated carbocycles. The van der Waals surface area contributed by atoms with Crippen molar-refractivity contribution in [2.45, 2.75) is 44.2 Å². The molecule has 2 aliphatic rings. The van der Waals surface area contributed by atoms with Crippen LogP contribution in [0, 0.1) is 5.92 Å². The molecule has 1 amide bonds. The third kappa shape index (κ3) is 4.69. The van der Waals surface area contributed by atoms with Gasteiger partial charge in [0, 0.05) is 25.0 Å². The molecule has 21 heavy (non-hydrogen) atoms. The van der Waals surface area contributed by atoms with Crippen LogP contribution in [0.3, 0.4) is 0 Å². The molecule has 0 aromatic rings. The second-order valence-corrected chi connectivity index (χ2v) is 8.18. The lowest BCUT2D eigenvalue weighted by atomic mass is 9.99. The van der Waals surface area contributed by atoms with Gasteiger partial charge < -0.3 is 10.6 Å². The van der Waals surface area contributed by atoms with Crippen molar-refractivity contribution in [1.82, 2.24) is 4.90 Å². The predicted octanol–water partition coefficient (Wildman–Crippen LogP) is 1.13. The van der Waals surface area contributed by atoms with Gasteiger partial charge in [0.1, 0.15) is 0 Å². The highest BCUT2D eigenvalue weighted by Gasteiger charge is 2.35. The van der Waals surface area contributed by atoms with Crippen LogP contribution in [0.1, 0.15) is 32.1 Å². The fourth-order valence-electron chi connectivity index (χ4n) is 3.28. The van der Waals surface area contributed by atoms with Crippen LogP contribution in [-0.4, -0.2) is 49.4 Å². The highest BCUT2D eigenvalue weighted by molar-refractivity contribution is 7.91. The highest BCUT2D eigenvalue weighted by atomic mass is 35.5. The lowest BCUT2D eigenvalue weighted by Crippen LogP contribution is -2.43. The van der Waals surface area contributed by atoms with E-state index in [0.29, 0.717) is 19.4 Å². The minimum absolute atomic E-state index is 0. The normalized spacial score (nSPS) is 30.6. The first kappa shape index (κ1) is 18.5. The van der Waals surface area contributed by atoms with E-state index in [-0.39, 0.29) is 47.8 Å². The summed E-state index contributed by atoms with van der Waals surface area (Å²) >= 11 is 0. The first-order chi connectivity index (χ1) is 9.43. The van der Waals surface area contributed by atoms with E-state index in [9.17, 15) is 13.2 Å². The van der Waals surface area contributed by atoms with Gasteiger partial charge in [-0.15, -0.1) is 19.0 Å². The second kappa shape index (κ2) is 7.61. The van der Waals surface area contributed by atoms with E-state index in [1.807, 2.05) is 0 Å². The van der Waals surface area contributed by atoms with Crippen molar-refractivity contribution >= 4 is 28.2 Å². The van der Waals surface area contributed by atoms with E-state index in [4.69, 9.17) is 5.73 Å². The topological polar surface area (TPSA) is 80.5 Å². The average Bonchev–Trinajstić information content (AvgIpc) is 2.93. The SMILES string of the molecule is C=CCN(C(=O)C[C@@H]1CCC[C@H]1N)C1CCS(=O)(=O)C1.Cl. The number of nitrogens with zero attached hydrogens (tertiary/aromatic N) is 1. The maximum absolute atomic E-state index is 12.5. The maximum Gasteiger partial charge on any atom is 0.223 e. The van der Waals surface area contributed by atoms with Crippen LogP contribution in [0.4, 0.5) is 0 Å². The number of nitrogens with two attached hydrogens (primary N) is 1. The summed E-state index contributed by atoms with van der Waals surface area (Å²) in [6, 6.07) is -0.0834. The average molecular weight is 337 g/mol. The minimum atomic E-state index is -2.98. The Bertz CT molecular complexity index is 481. The summed E-state index contributed by atoms with van der Waals surface area (Å²) < 4.78 is 23.2. The van der Waals surface area contributed by atoms with E-state index in [1.165, 1.54) is 0 Å². The number of halogens is 1. The summed E-state index contributed by atoms with van der Waals surface area (Å²) in [5.74, 6) is 0.535. The van der Waals surface area contributed by atoms with Crippen molar-refractivity contribution in [1.29, 1.82) is 0 Å². The van der Waals surface area contributed by atoms with Gasteiger partial charge in [-0.05, 0) is 25.2 Å². The molecular weight excluding hydrogens is 312 g/mol. The van der Waals surface area contributed by atoms with Gasteiger partial charge in [-0.25, -0.2) is 8.42 Å². The fourth-order valence-corrected chi connectivity index (χ4v) is 5.01. The summed E-state index contributed by atoms with van der Waals surface area (Å²) in [5, 5.41) is 0. The van der Waals surface area contributed by atoms with Crippen LogP contribution in [0.15, 0.2) is 12.7 Å². The van der Waals surface area contributed by atoms with Crippen LogP contribution in [0.5, 0.6) is 0 Å². The number of carbonyl (C=O) groups excluding carboxylic acids is 1. The molecule has 5 nitrogen and oxygen atoms in total. The monoisotopic (exact) mass is 336 g/mol. The Morgan fingerprint density at radius 1 is 1.33 bits per heavy atom. The van der Waals surface area contributed by atoms with Crippen LogP contribution in [0.25, 0.3) is 0 Å². The van der Waals surface area contributed by atoms with Gasteiger partial charge in [0.15, 0.2) is 9.84 Å². The third-order valence-electron chi connectivity index (χ3n) is 4.45. The van der Waals surface area contributed by atoms with Crippen molar-refractivity contribution in [2.75, 3.05) is 18.1 Å². The number of carbonyl (C=O) groups is 1. The van der Waals surface area contributed by atoms with Crippen LogP contribution < -0.4 is 5.73 Å². The summed E-state index contributed by atoms with van der Waals surface area (Å²) in [6.07, 6.45) is 5.70. The van der Waals surface area contributed by atoms with Gasteiger partial charge in [-0.2, -0.15) is 0 Å². The predicted molar refractivity (Wildman–Crippen MR) is 86.2 cm³/mol. The molecule has 2 N–H and O–H groups in total. The van der Waals surface area contributed by atoms with Crippen molar-refractivity contribution in [3.8, 4) is 0 Å². The molecule has 0 bridgehead atoms. The molecule has 1 heterocycles. The van der Waals surface area contributed by atoms with Crippen molar-refractivity contribution in [3.05, 3.63) is 12.7 Å². The van der Waals surface area contributed by atoms with E-state index in [2.05, 4.69) is 6.58 Å². The van der Waals surface area contributed by atoms with Crippen molar-refractivity contribution < 1.29 is 13.2 Å². The quantitative estimate of drug-likeness (QED) is 0.763. The molecule has 3 atom stereocenters. The van der Waals surface area contributed by atoms with E-state index >= 15 is 0 Å². The Morgan fingerprint density at radius 3 is 2.52 bits per heavy atom. The first-order valence-corrected chi connectivity index (χ1v) is 9.11. The second-order valence-electron chi connectivity index (χ2n) is 5.95. The number of hydrogen-bond donors (Lipinski definition) is 1. The zero-order valence-electron chi connectivity index (χ0n) is 12.2. The van der Waals surface area contributed by atoms with Gasteiger partial charge in [0.25, 0.3) is 0 Å². The summed E-state index contributed by atoms with van der Waals surface area (Å²) in [6.45, 7) is 4.09. The molecular formula is C14H25ClN2O3S. The van der Waals surface area contributed by atoms with Gasteiger partial charge in [-0.1, -0.05) is 12.5 Å². The maximum atomic E-state index is 12.5. The van der Waals surface area contributed by atoms with E-state index in [1.54, 1.807) is 11.0 Å². The zero-order chi connectivity index (χ0) is 14.8. The van der Waals surface area contributed by atoms with Gasteiger partial charge >= 0.3 is 0 Å².